The van der Waals surface area contributed by atoms with Crippen LogP contribution in [0.2, 0.25) is 0 Å². The van der Waals surface area contributed by atoms with E-state index in [2.05, 4.69) is 20.1 Å². The van der Waals surface area contributed by atoms with Gasteiger partial charge in [0.2, 0.25) is 0 Å². The Balaban J connectivity index is 1.70. The first-order valence-electron chi connectivity index (χ1n) is 9.27. The molecule has 0 aliphatic carbocycles. The van der Waals surface area contributed by atoms with E-state index in [1.807, 2.05) is 30.5 Å². The zero-order valence-electron chi connectivity index (χ0n) is 16.7. The maximum absolute atomic E-state index is 13.1. The zero-order valence-corrected chi connectivity index (χ0v) is 16.7. The number of nitrogens with one attached hydrogen (secondary N) is 1. The number of methoxy groups -OCH3 is 1. The van der Waals surface area contributed by atoms with Crippen molar-refractivity contribution in [1.82, 2.24) is 14.8 Å². The Morgan fingerprint density at radius 1 is 1.13 bits per heavy atom. The molecule has 0 aliphatic rings. The highest BCUT2D eigenvalue weighted by atomic mass is 19.3. The lowest BCUT2D eigenvalue weighted by molar-refractivity contribution is -0.0512. The molecule has 0 bridgehead atoms. The average molecular weight is 424 g/mol. The number of nitrogens with zero attached hydrogens (tertiary/aromatic N) is 3. The van der Waals surface area contributed by atoms with Gasteiger partial charge in [-0.3, -0.25) is 9.48 Å². The summed E-state index contributed by atoms with van der Waals surface area (Å²) in [4.78, 5) is 17.8. The number of pyridine rings is 1. The van der Waals surface area contributed by atoms with Gasteiger partial charge < -0.3 is 14.8 Å². The average Bonchev–Trinajstić information content (AvgIpc) is 3.20. The molecule has 1 amide bonds. The van der Waals surface area contributed by atoms with Crippen LogP contribution in [0.15, 0.2) is 60.9 Å². The summed E-state index contributed by atoms with van der Waals surface area (Å²) in [5.74, 6) is -0.425. The zero-order chi connectivity index (χ0) is 22.0. The van der Waals surface area contributed by atoms with E-state index in [0.29, 0.717) is 27.8 Å². The van der Waals surface area contributed by atoms with Gasteiger partial charge in [0.25, 0.3) is 5.91 Å². The number of benzene rings is 2. The number of alkyl halides is 2. The molecule has 0 aliphatic heterocycles. The van der Waals surface area contributed by atoms with Crippen molar-refractivity contribution in [3.8, 4) is 22.8 Å². The van der Waals surface area contributed by atoms with Gasteiger partial charge in [0.15, 0.2) is 11.5 Å². The Hall–Kier alpha value is -4.01. The molecule has 2 aromatic carbocycles. The number of anilines is 1. The number of amides is 1. The van der Waals surface area contributed by atoms with Crippen LogP contribution in [-0.4, -0.2) is 34.4 Å². The number of fused-ring (bicyclic) bond motifs is 1. The number of aromatic nitrogens is 3. The predicted octanol–water partition coefficient (Wildman–Crippen LogP) is 4.50. The van der Waals surface area contributed by atoms with Crippen LogP contribution < -0.4 is 14.8 Å². The molecule has 0 unspecified atom stereocenters. The number of hydrogen-bond acceptors (Lipinski definition) is 5. The van der Waals surface area contributed by atoms with E-state index < -0.39 is 6.61 Å². The van der Waals surface area contributed by atoms with Gasteiger partial charge in [-0.1, -0.05) is 18.2 Å². The van der Waals surface area contributed by atoms with Gasteiger partial charge in [-0.05, 0) is 24.3 Å². The van der Waals surface area contributed by atoms with Crippen LogP contribution in [0.4, 0.5) is 14.5 Å². The molecule has 0 saturated carbocycles. The normalized spacial score (nSPS) is 11.0. The van der Waals surface area contributed by atoms with Crippen LogP contribution in [-0.2, 0) is 7.05 Å². The summed E-state index contributed by atoms with van der Waals surface area (Å²) in [6, 6.07) is 13.2. The number of rotatable bonds is 6. The fourth-order valence-electron chi connectivity index (χ4n) is 3.20. The largest absolute Gasteiger partial charge is 0.493 e. The smallest absolute Gasteiger partial charge is 0.387 e. The van der Waals surface area contributed by atoms with Gasteiger partial charge in [0.1, 0.15) is 0 Å². The Bertz CT molecular complexity index is 1260. The molecule has 2 aromatic heterocycles. The maximum Gasteiger partial charge on any atom is 0.387 e. The molecule has 0 spiro atoms. The van der Waals surface area contributed by atoms with Crippen LogP contribution in [0.5, 0.6) is 11.5 Å². The number of aryl methyl sites for hydroxylation is 1. The Labute approximate surface area is 176 Å². The highest BCUT2D eigenvalue weighted by Gasteiger charge is 2.17. The summed E-state index contributed by atoms with van der Waals surface area (Å²) >= 11 is 0. The Kier molecular flexibility index (Phi) is 5.48. The summed E-state index contributed by atoms with van der Waals surface area (Å²) in [5.41, 5.74) is 2.82. The molecule has 31 heavy (non-hydrogen) atoms. The number of para-hydroxylation sites is 1. The van der Waals surface area contributed by atoms with E-state index in [0.717, 1.165) is 5.56 Å². The van der Waals surface area contributed by atoms with Crippen LogP contribution >= 0.6 is 0 Å². The van der Waals surface area contributed by atoms with Crippen molar-refractivity contribution in [2.75, 3.05) is 12.4 Å². The van der Waals surface area contributed by atoms with Crippen molar-refractivity contribution in [2.24, 2.45) is 7.05 Å². The summed E-state index contributed by atoms with van der Waals surface area (Å²) in [7, 11) is 3.13. The highest BCUT2D eigenvalue weighted by molar-refractivity contribution is 6.13. The van der Waals surface area contributed by atoms with Gasteiger partial charge >= 0.3 is 6.61 Å². The topological polar surface area (TPSA) is 78.3 Å². The van der Waals surface area contributed by atoms with Gasteiger partial charge in [0.05, 0.1) is 30.1 Å². The number of halogens is 2. The van der Waals surface area contributed by atoms with Crippen molar-refractivity contribution < 1.29 is 23.0 Å². The summed E-state index contributed by atoms with van der Waals surface area (Å²) < 4.78 is 36.2. The number of carbonyl (C=O) groups excluding carboxylic acids is 1. The fraction of sp³-hybridized carbons (Fsp3) is 0.136. The molecule has 1 N–H and O–H groups in total. The highest BCUT2D eigenvalue weighted by Crippen LogP contribution is 2.32. The lowest BCUT2D eigenvalue weighted by Gasteiger charge is -2.13. The van der Waals surface area contributed by atoms with Gasteiger partial charge in [0, 0.05) is 35.9 Å². The minimum atomic E-state index is -2.98. The van der Waals surface area contributed by atoms with Gasteiger partial charge in [-0.25, -0.2) is 4.98 Å². The molecule has 158 valence electrons. The third-order valence-electron chi connectivity index (χ3n) is 4.60. The number of carbonyl (C=O) groups is 1. The molecule has 9 heteroatoms. The van der Waals surface area contributed by atoms with E-state index in [4.69, 9.17) is 4.74 Å². The van der Waals surface area contributed by atoms with E-state index in [-0.39, 0.29) is 17.4 Å². The Morgan fingerprint density at radius 2 is 1.94 bits per heavy atom. The number of ether oxygens (including phenoxy) is 2. The van der Waals surface area contributed by atoms with Gasteiger partial charge in [-0.15, -0.1) is 0 Å². The third kappa shape index (κ3) is 4.30. The summed E-state index contributed by atoms with van der Waals surface area (Å²) in [6.45, 7) is -2.98. The second kappa shape index (κ2) is 8.39. The quantitative estimate of drug-likeness (QED) is 0.493. The molecule has 0 radical (unpaired) electrons. The van der Waals surface area contributed by atoms with Crippen molar-refractivity contribution in [3.05, 3.63) is 66.5 Å². The SMILES string of the molecule is COc1cc(NC(=O)c2cc(-c3cnn(C)c3)nc3ccccc23)ccc1OC(F)F. The van der Waals surface area contributed by atoms with E-state index in [9.17, 15) is 13.6 Å². The maximum atomic E-state index is 13.1. The standard InChI is InChI=1S/C22H18F2N4O3/c1-28-12-13(11-25-28)18-10-16(15-5-3-4-6-17(15)27-18)21(29)26-14-7-8-19(31-22(23)24)20(9-14)30-2/h3-12,22H,1-2H3,(H,26,29). The lowest BCUT2D eigenvalue weighted by Crippen LogP contribution is -2.13. The fourth-order valence-corrected chi connectivity index (χ4v) is 3.20. The minimum absolute atomic E-state index is 0.0775. The van der Waals surface area contributed by atoms with Crippen molar-refractivity contribution >= 4 is 22.5 Å². The Morgan fingerprint density at radius 3 is 2.65 bits per heavy atom. The first-order chi connectivity index (χ1) is 14.9. The molecular weight excluding hydrogens is 406 g/mol. The molecule has 0 saturated heterocycles. The molecule has 2 heterocycles. The molecule has 4 rings (SSSR count). The second-order valence-corrected chi connectivity index (χ2v) is 6.67. The van der Waals surface area contributed by atoms with Gasteiger partial charge in [-0.2, -0.15) is 13.9 Å². The number of hydrogen-bond donors (Lipinski definition) is 1. The predicted molar refractivity (Wildman–Crippen MR) is 112 cm³/mol. The second-order valence-electron chi connectivity index (χ2n) is 6.67. The van der Waals surface area contributed by atoms with E-state index in [1.54, 1.807) is 24.0 Å². The summed E-state index contributed by atoms with van der Waals surface area (Å²) in [6.07, 6.45) is 3.48. The van der Waals surface area contributed by atoms with Crippen LogP contribution in [0.1, 0.15) is 10.4 Å². The molecular formula is C22H18F2N4O3. The molecule has 0 atom stereocenters. The minimum Gasteiger partial charge on any atom is -0.493 e. The summed E-state index contributed by atoms with van der Waals surface area (Å²) in [5, 5.41) is 7.62. The van der Waals surface area contributed by atoms with E-state index >= 15 is 0 Å². The van der Waals surface area contributed by atoms with Crippen LogP contribution in [0.3, 0.4) is 0 Å². The van der Waals surface area contributed by atoms with Crippen molar-refractivity contribution in [2.45, 2.75) is 6.61 Å². The van der Waals surface area contributed by atoms with E-state index in [1.165, 1.54) is 25.3 Å². The van der Waals surface area contributed by atoms with Crippen molar-refractivity contribution in [1.29, 1.82) is 0 Å². The van der Waals surface area contributed by atoms with Crippen LogP contribution in [0.25, 0.3) is 22.2 Å². The molecule has 7 nitrogen and oxygen atoms in total. The third-order valence-corrected chi connectivity index (χ3v) is 4.60. The first kappa shape index (κ1) is 20.3. The first-order valence-corrected chi connectivity index (χ1v) is 9.27. The molecule has 0 fully saturated rings. The van der Waals surface area contributed by atoms with Crippen LogP contribution in [0, 0.1) is 0 Å². The molecule has 4 aromatic rings. The lowest BCUT2D eigenvalue weighted by atomic mass is 10.0. The van der Waals surface area contributed by atoms with Crippen molar-refractivity contribution in [3.63, 3.8) is 0 Å². The monoisotopic (exact) mass is 424 g/mol.